The van der Waals surface area contributed by atoms with E-state index >= 15 is 0 Å². The van der Waals surface area contributed by atoms with Gasteiger partial charge in [-0.2, -0.15) is 0 Å². The minimum atomic E-state index is -0.136. The van der Waals surface area contributed by atoms with Gasteiger partial charge in [-0.15, -0.1) is 0 Å². The van der Waals surface area contributed by atoms with Crippen LogP contribution in [0.4, 0.5) is 4.39 Å². The van der Waals surface area contributed by atoms with E-state index in [1.54, 1.807) is 12.1 Å². The van der Waals surface area contributed by atoms with E-state index in [0.717, 1.165) is 43.6 Å². The van der Waals surface area contributed by atoms with Crippen molar-refractivity contribution in [1.29, 1.82) is 0 Å². The summed E-state index contributed by atoms with van der Waals surface area (Å²) in [7, 11) is 0. The normalized spacial score (nSPS) is 18.8. The summed E-state index contributed by atoms with van der Waals surface area (Å²) in [6.45, 7) is 6.44. The van der Waals surface area contributed by atoms with Gasteiger partial charge < -0.3 is 4.90 Å². The van der Waals surface area contributed by atoms with Gasteiger partial charge >= 0.3 is 0 Å². The third kappa shape index (κ3) is 4.34. The smallest absolute Gasteiger partial charge is 0.123 e. The molecule has 18 heavy (non-hydrogen) atoms. The molecule has 1 fully saturated rings. The van der Waals surface area contributed by atoms with Crippen molar-refractivity contribution in [2.24, 2.45) is 0 Å². The summed E-state index contributed by atoms with van der Waals surface area (Å²) in [6.07, 6.45) is 1.20. The Kier molecular flexibility index (Phi) is 5.60. The summed E-state index contributed by atoms with van der Waals surface area (Å²) in [4.78, 5) is 4.91. The van der Waals surface area contributed by atoms with Crippen LogP contribution in [0.15, 0.2) is 24.3 Å². The van der Waals surface area contributed by atoms with Crippen molar-refractivity contribution in [3.8, 4) is 0 Å². The van der Waals surface area contributed by atoms with Crippen molar-refractivity contribution >= 4 is 15.9 Å². The topological polar surface area (TPSA) is 6.48 Å². The van der Waals surface area contributed by atoms with E-state index in [1.165, 1.54) is 19.0 Å². The quantitative estimate of drug-likeness (QED) is 0.788. The summed E-state index contributed by atoms with van der Waals surface area (Å²) in [5.41, 5.74) is 1.07. The van der Waals surface area contributed by atoms with Gasteiger partial charge in [-0.25, -0.2) is 4.39 Å². The van der Waals surface area contributed by atoms with E-state index in [-0.39, 0.29) is 5.82 Å². The lowest BCUT2D eigenvalue weighted by Gasteiger charge is -2.21. The molecule has 2 nitrogen and oxygen atoms in total. The molecule has 0 aliphatic carbocycles. The number of alkyl halides is 1. The van der Waals surface area contributed by atoms with Gasteiger partial charge in [-0.3, -0.25) is 4.90 Å². The van der Waals surface area contributed by atoms with Gasteiger partial charge in [0, 0.05) is 31.5 Å². The largest absolute Gasteiger partial charge is 0.301 e. The van der Waals surface area contributed by atoms with Gasteiger partial charge in [0.1, 0.15) is 5.82 Å². The molecule has 2 rings (SSSR count). The molecular weight excluding hydrogens is 295 g/mol. The third-order valence-corrected chi connectivity index (χ3v) is 3.73. The Labute approximate surface area is 117 Å². The fraction of sp³-hybridized carbons (Fsp3) is 0.571. The van der Waals surface area contributed by atoms with Crippen LogP contribution in [0.1, 0.15) is 12.0 Å². The predicted molar refractivity (Wildman–Crippen MR) is 76.5 cm³/mol. The molecule has 1 aromatic carbocycles. The van der Waals surface area contributed by atoms with Crippen LogP contribution in [0.3, 0.4) is 0 Å². The Hall–Kier alpha value is -0.450. The van der Waals surface area contributed by atoms with Crippen LogP contribution >= 0.6 is 15.9 Å². The highest BCUT2D eigenvalue weighted by Gasteiger charge is 2.14. The van der Waals surface area contributed by atoms with Gasteiger partial charge in [-0.05, 0) is 37.2 Å². The minimum absolute atomic E-state index is 0.136. The van der Waals surface area contributed by atoms with Crippen LogP contribution in [0.2, 0.25) is 0 Å². The average molecular weight is 315 g/mol. The molecule has 0 aromatic heterocycles. The first-order valence-electron chi connectivity index (χ1n) is 6.53. The highest BCUT2D eigenvalue weighted by molar-refractivity contribution is 9.09. The van der Waals surface area contributed by atoms with Crippen LogP contribution in [-0.2, 0) is 6.54 Å². The molecule has 1 aliphatic rings. The Balaban J connectivity index is 1.87. The standard InChI is InChI=1S/C14H20BrFN2/c15-5-8-17-6-2-7-18(10-9-17)12-13-3-1-4-14(16)11-13/h1,3-4,11H,2,5-10,12H2. The van der Waals surface area contributed by atoms with E-state index in [9.17, 15) is 4.39 Å². The molecule has 0 unspecified atom stereocenters. The van der Waals surface area contributed by atoms with Crippen molar-refractivity contribution in [3.63, 3.8) is 0 Å². The van der Waals surface area contributed by atoms with Crippen molar-refractivity contribution in [1.82, 2.24) is 9.80 Å². The van der Waals surface area contributed by atoms with E-state index in [1.807, 2.05) is 6.07 Å². The maximum atomic E-state index is 13.1. The van der Waals surface area contributed by atoms with Crippen LogP contribution in [0, 0.1) is 5.82 Å². The van der Waals surface area contributed by atoms with Crippen molar-refractivity contribution in [2.75, 3.05) is 38.1 Å². The maximum Gasteiger partial charge on any atom is 0.123 e. The fourth-order valence-electron chi connectivity index (χ4n) is 2.42. The Morgan fingerprint density at radius 3 is 2.67 bits per heavy atom. The molecule has 1 aromatic rings. The molecule has 100 valence electrons. The minimum Gasteiger partial charge on any atom is -0.301 e. The van der Waals surface area contributed by atoms with Crippen LogP contribution in [0.5, 0.6) is 0 Å². The summed E-state index contributed by atoms with van der Waals surface area (Å²) in [6, 6.07) is 6.94. The summed E-state index contributed by atoms with van der Waals surface area (Å²) >= 11 is 3.49. The Morgan fingerprint density at radius 1 is 1.11 bits per heavy atom. The van der Waals surface area contributed by atoms with Gasteiger partial charge in [0.2, 0.25) is 0 Å². The summed E-state index contributed by atoms with van der Waals surface area (Å²) < 4.78 is 13.1. The number of benzene rings is 1. The lowest BCUT2D eigenvalue weighted by Crippen LogP contribution is -2.31. The average Bonchev–Trinajstić information content (AvgIpc) is 2.56. The van der Waals surface area contributed by atoms with E-state index in [4.69, 9.17) is 0 Å². The van der Waals surface area contributed by atoms with E-state index in [2.05, 4.69) is 25.7 Å². The zero-order valence-electron chi connectivity index (χ0n) is 10.6. The number of hydrogen-bond acceptors (Lipinski definition) is 2. The Bertz CT molecular complexity index is 373. The first-order valence-corrected chi connectivity index (χ1v) is 7.65. The second kappa shape index (κ2) is 7.22. The van der Waals surface area contributed by atoms with Gasteiger partial charge in [0.15, 0.2) is 0 Å². The number of halogens is 2. The molecule has 1 heterocycles. The first-order chi connectivity index (χ1) is 8.78. The van der Waals surface area contributed by atoms with Crippen LogP contribution < -0.4 is 0 Å². The number of rotatable bonds is 4. The lowest BCUT2D eigenvalue weighted by atomic mass is 10.2. The zero-order valence-corrected chi connectivity index (χ0v) is 12.2. The van der Waals surface area contributed by atoms with Gasteiger partial charge in [0.25, 0.3) is 0 Å². The molecule has 4 heteroatoms. The number of hydrogen-bond donors (Lipinski definition) is 0. The van der Waals surface area contributed by atoms with Crippen molar-refractivity contribution < 1.29 is 4.39 Å². The molecule has 1 aliphatic heterocycles. The molecule has 0 atom stereocenters. The molecule has 0 saturated carbocycles. The third-order valence-electron chi connectivity index (χ3n) is 3.38. The number of nitrogens with zero attached hydrogens (tertiary/aromatic N) is 2. The molecule has 0 radical (unpaired) electrons. The fourth-order valence-corrected chi connectivity index (χ4v) is 2.92. The molecule has 0 N–H and O–H groups in total. The van der Waals surface area contributed by atoms with E-state index < -0.39 is 0 Å². The summed E-state index contributed by atoms with van der Waals surface area (Å²) in [5.74, 6) is -0.136. The van der Waals surface area contributed by atoms with E-state index in [0.29, 0.717) is 0 Å². The van der Waals surface area contributed by atoms with Crippen molar-refractivity contribution in [3.05, 3.63) is 35.6 Å². The van der Waals surface area contributed by atoms with Crippen LogP contribution in [-0.4, -0.2) is 47.9 Å². The second-order valence-corrected chi connectivity index (χ2v) is 5.58. The second-order valence-electron chi connectivity index (χ2n) is 4.79. The molecule has 1 saturated heterocycles. The lowest BCUT2D eigenvalue weighted by molar-refractivity contribution is 0.258. The molecule has 0 amide bonds. The highest BCUT2D eigenvalue weighted by Crippen LogP contribution is 2.10. The first kappa shape index (κ1) is 14.0. The van der Waals surface area contributed by atoms with Crippen molar-refractivity contribution in [2.45, 2.75) is 13.0 Å². The highest BCUT2D eigenvalue weighted by atomic mass is 79.9. The van der Waals surface area contributed by atoms with Gasteiger partial charge in [-0.1, -0.05) is 28.1 Å². The SMILES string of the molecule is Fc1cccc(CN2CCCN(CCBr)CC2)c1. The van der Waals surface area contributed by atoms with Crippen LogP contribution in [0.25, 0.3) is 0 Å². The zero-order chi connectivity index (χ0) is 12.8. The monoisotopic (exact) mass is 314 g/mol. The molecule has 0 bridgehead atoms. The molecular formula is C14H20BrFN2. The van der Waals surface area contributed by atoms with Gasteiger partial charge in [0.05, 0.1) is 0 Å². The maximum absolute atomic E-state index is 13.1. The summed E-state index contributed by atoms with van der Waals surface area (Å²) in [5, 5.41) is 1.04. The Morgan fingerprint density at radius 2 is 1.89 bits per heavy atom. The molecule has 0 spiro atoms. The predicted octanol–water partition coefficient (Wildman–Crippen LogP) is 2.73.